The van der Waals surface area contributed by atoms with Gasteiger partial charge in [0.1, 0.15) is 23.9 Å². The first-order chi connectivity index (χ1) is 15.4. The summed E-state index contributed by atoms with van der Waals surface area (Å²) in [6, 6.07) is 4.34. The van der Waals surface area contributed by atoms with Crippen LogP contribution in [0.2, 0.25) is 0 Å². The third-order valence-corrected chi connectivity index (χ3v) is 5.61. The molecule has 33 heavy (non-hydrogen) atoms. The van der Waals surface area contributed by atoms with Crippen LogP contribution < -0.4 is 0 Å². The number of hydrogen-bond acceptors (Lipinski definition) is 4. The van der Waals surface area contributed by atoms with Gasteiger partial charge in [-0.25, -0.2) is 14.4 Å². The molecule has 0 amide bonds. The van der Waals surface area contributed by atoms with Crippen LogP contribution in [-0.2, 0) is 16.3 Å². The molecule has 1 atom stereocenters. The molecule has 0 saturated carbocycles. The molecule has 9 heteroatoms. The number of aliphatic hydroxyl groups excluding tert-OH is 1. The van der Waals surface area contributed by atoms with Crippen LogP contribution in [-0.4, -0.2) is 27.9 Å². The molecule has 2 heterocycles. The number of ether oxygens (including phenoxy) is 1. The van der Waals surface area contributed by atoms with Crippen molar-refractivity contribution in [2.24, 2.45) is 10.4 Å². The van der Waals surface area contributed by atoms with Gasteiger partial charge in [-0.2, -0.15) is 13.2 Å². The van der Waals surface area contributed by atoms with Crippen molar-refractivity contribution in [1.29, 1.82) is 0 Å². The van der Waals surface area contributed by atoms with Crippen molar-refractivity contribution < 1.29 is 27.4 Å². The highest BCUT2D eigenvalue weighted by atomic mass is 19.4. The van der Waals surface area contributed by atoms with E-state index in [1.807, 2.05) is 27.7 Å². The Labute approximate surface area is 189 Å². The molecule has 3 rings (SSSR count). The number of H-pyrrole nitrogens is 1. The number of alkyl halides is 3. The minimum atomic E-state index is -4.58. The summed E-state index contributed by atoms with van der Waals surface area (Å²) in [5.74, 6) is -0.203. The first kappa shape index (κ1) is 24.5. The van der Waals surface area contributed by atoms with Gasteiger partial charge in [0.15, 0.2) is 0 Å². The molecule has 0 aliphatic carbocycles. The average molecular weight is 465 g/mol. The summed E-state index contributed by atoms with van der Waals surface area (Å²) in [6.07, 6.45) is 2.46. The summed E-state index contributed by atoms with van der Waals surface area (Å²) in [4.78, 5) is 10.1. The smallest absolute Gasteiger partial charge is 0.432 e. The van der Waals surface area contributed by atoms with Crippen molar-refractivity contribution in [3.63, 3.8) is 0 Å². The van der Waals surface area contributed by atoms with E-state index < -0.39 is 28.5 Å². The van der Waals surface area contributed by atoms with Gasteiger partial charge in [0.25, 0.3) is 0 Å². The molecule has 0 bridgehead atoms. The van der Waals surface area contributed by atoms with Crippen LogP contribution in [0.5, 0.6) is 0 Å². The molecular formula is C24H27F4N3O2. The van der Waals surface area contributed by atoms with E-state index in [2.05, 4.69) is 15.0 Å². The normalized spacial score (nSPS) is 19.5. The third kappa shape index (κ3) is 5.46. The number of aliphatic hydroxyl groups is 1. The molecule has 1 unspecified atom stereocenters. The van der Waals surface area contributed by atoms with Crippen molar-refractivity contribution >= 4 is 6.21 Å². The summed E-state index contributed by atoms with van der Waals surface area (Å²) < 4.78 is 58.9. The van der Waals surface area contributed by atoms with Crippen molar-refractivity contribution in [3.8, 4) is 11.4 Å². The number of hydrogen-bond donors (Lipinski definition) is 2. The van der Waals surface area contributed by atoms with Crippen molar-refractivity contribution in [2.45, 2.75) is 52.1 Å². The van der Waals surface area contributed by atoms with Gasteiger partial charge in [-0.05, 0) is 56.5 Å². The molecule has 0 spiro atoms. The fourth-order valence-corrected chi connectivity index (χ4v) is 3.36. The Hall–Kier alpha value is -3.10. The number of aliphatic imine (C=N–C) groups is 1. The number of nitrogens with zero attached hydrogens (tertiary/aromatic N) is 2. The molecule has 2 N–H and O–H groups in total. The molecule has 178 valence electrons. The molecule has 0 radical (unpaired) electrons. The van der Waals surface area contributed by atoms with Gasteiger partial charge < -0.3 is 14.8 Å². The molecule has 1 aromatic carbocycles. The number of rotatable bonds is 7. The molecule has 5 nitrogen and oxygen atoms in total. The quantitative estimate of drug-likeness (QED) is 0.353. The molecular weight excluding hydrogens is 438 g/mol. The summed E-state index contributed by atoms with van der Waals surface area (Å²) in [7, 11) is 0. The Morgan fingerprint density at radius 3 is 2.58 bits per heavy atom. The van der Waals surface area contributed by atoms with Crippen LogP contribution in [0.3, 0.4) is 0 Å². The molecule has 0 fully saturated rings. The summed E-state index contributed by atoms with van der Waals surface area (Å²) in [5, 5.41) is 10.1. The summed E-state index contributed by atoms with van der Waals surface area (Å²) >= 11 is 0. The van der Waals surface area contributed by atoms with Crippen LogP contribution in [0, 0.1) is 11.2 Å². The average Bonchev–Trinajstić information content (AvgIpc) is 3.24. The Morgan fingerprint density at radius 2 is 2.03 bits per heavy atom. The molecule has 2 aromatic rings. The summed E-state index contributed by atoms with van der Waals surface area (Å²) in [6.45, 7) is 7.79. The van der Waals surface area contributed by atoms with E-state index >= 15 is 0 Å². The second-order valence-corrected chi connectivity index (χ2v) is 8.93. The first-order valence-corrected chi connectivity index (χ1v) is 10.6. The number of aromatic nitrogens is 2. The minimum absolute atomic E-state index is 0.0488. The van der Waals surface area contributed by atoms with Crippen molar-refractivity contribution in [3.05, 3.63) is 65.3 Å². The highest BCUT2D eigenvalue weighted by Gasteiger charge is 2.34. The second-order valence-electron chi connectivity index (χ2n) is 8.93. The maximum Gasteiger partial charge on any atom is 0.432 e. The fraction of sp³-hybridized carbons (Fsp3) is 0.417. The van der Waals surface area contributed by atoms with Gasteiger partial charge >= 0.3 is 6.18 Å². The number of nitrogens with one attached hydrogen (secondary N) is 1. The van der Waals surface area contributed by atoms with E-state index in [0.717, 1.165) is 0 Å². The highest BCUT2D eigenvalue weighted by molar-refractivity contribution is 5.76. The predicted molar refractivity (Wildman–Crippen MR) is 118 cm³/mol. The van der Waals surface area contributed by atoms with Gasteiger partial charge in [0.05, 0.1) is 22.9 Å². The van der Waals surface area contributed by atoms with Crippen LogP contribution >= 0.6 is 0 Å². The van der Waals surface area contributed by atoms with Gasteiger partial charge in [-0.15, -0.1) is 0 Å². The summed E-state index contributed by atoms with van der Waals surface area (Å²) in [5.41, 5.74) is -1.65. The number of imidazole rings is 1. The number of halogens is 4. The monoisotopic (exact) mass is 465 g/mol. The van der Waals surface area contributed by atoms with Crippen LogP contribution in [0.25, 0.3) is 11.4 Å². The van der Waals surface area contributed by atoms with E-state index in [0.29, 0.717) is 30.5 Å². The Kier molecular flexibility index (Phi) is 6.72. The lowest BCUT2D eigenvalue weighted by atomic mass is 9.79. The molecule has 0 saturated heterocycles. The maximum atomic E-state index is 14.8. The SMILES string of the molecule is CC/C=C(\O)C(C)(C)COC1=CCC(C)(c2ccc(-c3ncc(C(F)(F)F)[nH]3)c(F)c2)C=N1. The zero-order valence-corrected chi connectivity index (χ0v) is 18.9. The van der Waals surface area contributed by atoms with Gasteiger partial charge in [-0.3, -0.25) is 0 Å². The Bertz CT molecular complexity index is 1100. The topological polar surface area (TPSA) is 70.5 Å². The van der Waals surface area contributed by atoms with E-state index in [9.17, 15) is 22.7 Å². The van der Waals surface area contributed by atoms with Gasteiger partial charge in [-0.1, -0.05) is 19.9 Å². The zero-order valence-electron chi connectivity index (χ0n) is 18.9. The van der Waals surface area contributed by atoms with Gasteiger partial charge in [0, 0.05) is 11.6 Å². The minimum Gasteiger partial charge on any atom is -0.512 e. The van der Waals surface area contributed by atoms with Crippen LogP contribution in [0.4, 0.5) is 17.6 Å². The number of aromatic amines is 1. The number of benzene rings is 1. The van der Waals surface area contributed by atoms with E-state index in [1.165, 1.54) is 12.1 Å². The van der Waals surface area contributed by atoms with E-state index in [-0.39, 0.29) is 23.8 Å². The van der Waals surface area contributed by atoms with Crippen LogP contribution in [0.15, 0.2) is 53.2 Å². The highest BCUT2D eigenvalue weighted by Crippen LogP contribution is 2.35. The molecule has 1 aromatic heterocycles. The lowest BCUT2D eigenvalue weighted by Gasteiger charge is -2.29. The maximum absolute atomic E-state index is 14.8. The lowest BCUT2D eigenvalue weighted by molar-refractivity contribution is -0.140. The van der Waals surface area contributed by atoms with Crippen molar-refractivity contribution in [1.82, 2.24) is 9.97 Å². The zero-order chi connectivity index (χ0) is 24.4. The van der Waals surface area contributed by atoms with Crippen molar-refractivity contribution in [2.75, 3.05) is 6.61 Å². The Balaban J connectivity index is 1.72. The van der Waals surface area contributed by atoms with Crippen LogP contribution in [0.1, 0.15) is 51.8 Å². The fourth-order valence-electron chi connectivity index (χ4n) is 3.36. The van der Waals surface area contributed by atoms with E-state index in [4.69, 9.17) is 4.74 Å². The first-order valence-electron chi connectivity index (χ1n) is 10.6. The largest absolute Gasteiger partial charge is 0.512 e. The number of allylic oxidation sites excluding steroid dienone is 2. The lowest BCUT2D eigenvalue weighted by Crippen LogP contribution is -2.27. The standard InChI is InChI=1S/C24H27F4N3O2/c1-5-6-19(32)22(2,3)14-33-20-9-10-23(4,13-30-20)15-7-8-16(17(25)11-15)21-29-12-18(31-21)24(26,27)28/h6-9,11-13,32H,5,10,14H2,1-4H3,(H,29,31)/b19-6-. The predicted octanol–water partition coefficient (Wildman–Crippen LogP) is 6.70. The second kappa shape index (κ2) is 9.03. The van der Waals surface area contributed by atoms with Gasteiger partial charge in [0.2, 0.25) is 5.88 Å². The Morgan fingerprint density at radius 1 is 1.30 bits per heavy atom. The molecule has 1 aliphatic rings. The molecule has 1 aliphatic heterocycles. The van der Waals surface area contributed by atoms with E-state index in [1.54, 1.807) is 24.4 Å². The third-order valence-electron chi connectivity index (χ3n) is 5.61.